The summed E-state index contributed by atoms with van der Waals surface area (Å²) in [4.78, 5) is 4.32. The average molecular weight is 149 g/mol. The number of rotatable bonds is 2. The second-order valence-electron chi connectivity index (χ2n) is 3.36. The minimum atomic E-state index is 0.698. The third-order valence-electron chi connectivity index (χ3n) is 1.72. The molecule has 0 fully saturated rings. The van der Waals surface area contributed by atoms with Crippen molar-refractivity contribution in [1.29, 1.82) is 0 Å². The smallest absolute Gasteiger partial charge is 0.0435 e. The maximum Gasteiger partial charge on any atom is 0.0435 e. The number of aryl methyl sites for hydroxylation is 1. The van der Waals surface area contributed by atoms with Gasteiger partial charge in [0.05, 0.1) is 0 Å². The lowest BCUT2D eigenvalue weighted by atomic mass is 10.0. The predicted molar refractivity (Wildman–Crippen MR) is 47.5 cm³/mol. The van der Waals surface area contributed by atoms with Gasteiger partial charge in [-0.15, -0.1) is 0 Å². The molecular formula is C10H15N. The van der Waals surface area contributed by atoms with Crippen molar-refractivity contribution < 1.29 is 0 Å². The van der Waals surface area contributed by atoms with Crippen LogP contribution < -0.4 is 0 Å². The van der Waals surface area contributed by atoms with E-state index in [1.54, 1.807) is 0 Å². The standard InChI is InChI=1S/C10H15N/c1-8(2)7-10-9(3)5-4-6-11-10/h4-6,8H,7H2,1-3H3. The van der Waals surface area contributed by atoms with Gasteiger partial charge in [-0.3, -0.25) is 4.98 Å². The van der Waals surface area contributed by atoms with Gasteiger partial charge in [-0.1, -0.05) is 19.9 Å². The summed E-state index contributed by atoms with van der Waals surface area (Å²) in [5, 5.41) is 0. The molecule has 60 valence electrons. The molecule has 0 saturated carbocycles. The molecule has 0 radical (unpaired) electrons. The van der Waals surface area contributed by atoms with Crippen molar-refractivity contribution in [2.45, 2.75) is 27.2 Å². The lowest BCUT2D eigenvalue weighted by Crippen LogP contribution is -1.98. The molecule has 0 spiro atoms. The van der Waals surface area contributed by atoms with E-state index in [9.17, 15) is 0 Å². The summed E-state index contributed by atoms with van der Waals surface area (Å²) in [5.74, 6) is 0.698. The van der Waals surface area contributed by atoms with Crippen molar-refractivity contribution in [1.82, 2.24) is 4.98 Å². The fourth-order valence-electron chi connectivity index (χ4n) is 1.12. The molecule has 0 aromatic carbocycles. The summed E-state index contributed by atoms with van der Waals surface area (Å²) in [6.45, 7) is 6.55. The van der Waals surface area contributed by atoms with Gasteiger partial charge in [0.15, 0.2) is 0 Å². The largest absolute Gasteiger partial charge is 0.261 e. The monoisotopic (exact) mass is 149 g/mol. The summed E-state index contributed by atoms with van der Waals surface area (Å²) in [6.07, 6.45) is 2.96. The maximum atomic E-state index is 4.32. The zero-order chi connectivity index (χ0) is 8.27. The van der Waals surface area contributed by atoms with Gasteiger partial charge in [-0.05, 0) is 30.9 Å². The van der Waals surface area contributed by atoms with Crippen LogP contribution in [0, 0.1) is 12.8 Å². The van der Waals surface area contributed by atoms with Crippen LogP contribution in [-0.4, -0.2) is 4.98 Å². The first kappa shape index (κ1) is 8.25. The Morgan fingerprint density at radius 3 is 2.73 bits per heavy atom. The SMILES string of the molecule is Cc1cccnc1CC(C)C. The van der Waals surface area contributed by atoms with Crippen LogP contribution in [-0.2, 0) is 6.42 Å². The molecule has 1 aromatic heterocycles. The number of hydrogen-bond acceptors (Lipinski definition) is 1. The van der Waals surface area contributed by atoms with Crippen LogP contribution in [0.5, 0.6) is 0 Å². The van der Waals surface area contributed by atoms with E-state index in [2.05, 4.69) is 31.8 Å². The zero-order valence-corrected chi connectivity index (χ0v) is 7.46. The maximum absolute atomic E-state index is 4.32. The van der Waals surface area contributed by atoms with Gasteiger partial charge in [-0.25, -0.2) is 0 Å². The lowest BCUT2D eigenvalue weighted by molar-refractivity contribution is 0.632. The van der Waals surface area contributed by atoms with Crippen LogP contribution in [0.2, 0.25) is 0 Å². The van der Waals surface area contributed by atoms with E-state index in [4.69, 9.17) is 0 Å². The molecule has 0 saturated heterocycles. The Balaban J connectivity index is 2.78. The molecule has 0 bridgehead atoms. The molecule has 0 N–H and O–H groups in total. The predicted octanol–water partition coefficient (Wildman–Crippen LogP) is 2.59. The van der Waals surface area contributed by atoms with E-state index >= 15 is 0 Å². The summed E-state index contributed by atoms with van der Waals surface area (Å²) < 4.78 is 0. The molecular weight excluding hydrogens is 134 g/mol. The Morgan fingerprint density at radius 2 is 2.18 bits per heavy atom. The van der Waals surface area contributed by atoms with Crippen molar-refractivity contribution in [3.63, 3.8) is 0 Å². The molecule has 1 rings (SSSR count). The first-order valence-corrected chi connectivity index (χ1v) is 4.10. The van der Waals surface area contributed by atoms with E-state index in [1.165, 1.54) is 11.3 Å². The fraction of sp³-hybridized carbons (Fsp3) is 0.500. The molecule has 0 amide bonds. The first-order chi connectivity index (χ1) is 5.20. The highest BCUT2D eigenvalue weighted by Gasteiger charge is 2.00. The van der Waals surface area contributed by atoms with Crippen molar-refractivity contribution in [2.24, 2.45) is 5.92 Å². The minimum Gasteiger partial charge on any atom is -0.261 e. The van der Waals surface area contributed by atoms with E-state index in [0.29, 0.717) is 5.92 Å². The Kier molecular flexibility index (Phi) is 2.64. The topological polar surface area (TPSA) is 12.9 Å². The molecule has 0 aliphatic carbocycles. The highest BCUT2D eigenvalue weighted by molar-refractivity contribution is 5.17. The zero-order valence-electron chi connectivity index (χ0n) is 7.46. The van der Waals surface area contributed by atoms with Crippen molar-refractivity contribution in [2.75, 3.05) is 0 Å². The number of aromatic nitrogens is 1. The van der Waals surface area contributed by atoms with Crippen LogP contribution in [0.1, 0.15) is 25.1 Å². The molecule has 1 nitrogen and oxygen atoms in total. The first-order valence-electron chi connectivity index (χ1n) is 4.10. The molecule has 1 heterocycles. The van der Waals surface area contributed by atoms with Crippen LogP contribution in [0.25, 0.3) is 0 Å². The van der Waals surface area contributed by atoms with Gasteiger partial charge < -0.3 is 0 Å². The van der Waals surface area contributed by atoms with E-state index in [1.807, 2.05) is 12.3 Å². The number of pyridine rings is 1. The Hall–Kier alpha value is -0.850. The summed E-state index contributed by atoms with van der Waals surface area (Å²) in [7, 11) is 0. The lowest BCUT2D eigenvalue weighted by Gasteiger charge is -2.05. The van der Waals surface area contributed by atoms with Gasteiger partial charge in [0.2, 0.25) is 0 Å². The third kappa shape index (κ3) is 2.34. The van der Waals surface area contributed by atoms with Gasteiger partial charge in [0, 0.05) is 11.9 Å². The normalized spacial score (nSPS) is 10.5. The van der Waals surface area contributed by atoms with Crippen LogP contribution in [0.15, 0.2) is 18.3 Å². The van der Waals surface area contributed by atoms with E-state index in [0.717, 1.165) is 6.42 Å². The van der Waals surface area contributed by atoms with E-state index in [-0.39, 0.29) is 0 Å². The van der Waals surface area contributed by atoms with Crippen LogP contribution >= 0.6 is 0 Å². The molecule has 0 aliphatic rings. The molecule has 0 atom stereocenters. The van der Waals surface area contributed by atoms with Crippen molar-refractivity contribution >= 4 is 0 Å². The van der Waals surface area contributed by atoms with Crippen molar-refractivity contribution in [3.05, 3.63) is 29.6 Å². The fourth-order valence-corrected chi connectivity index (χ4v) is 1.12. The number of hydrogen-bond donors (Lipinski definition) is 0. The second-order valence-corrected chi connectivity index (χ2v) is 3.36. The van der Waals surface area contributed by atoms with E-state index < -0.39 is 0 Å². The Morgan fingerprint density at radius 1 is 1.45 bits per heavy atom. The van der Waals surface area contributed by atoms with Crippen LogP contribution in [0.3, 0.4) is 0 Å². The van der Waals surface area contributed by atoms with Gasteiger partial charge >= 0.3 is 0 Å². The quantitative estimate of drug-likeness (QED) is 0.629. The van der Waals surface area contributed by atoms with Crippen LogP contribution in [0.4, 0.5) is 0 Å². The van der Waals surface area contributed by atoms with Gasteiger partial charge in [-0.2, -0.15) is 0 Å². The number of nitrogens with zero attached hydrogens (tertiary/aromatic N) is 1. The van der Waals surface area contributed by atoms with Gasteiger partial charge in [0.1, 0.15) is 0 Å². The Bertz CT molecular complexity index is 228. The Labute approximate surface area is 68.5 Å². The summed E-state index contributed by atoms with van der Waals surface area (Å²) in [5.41, 5.74) is 2.55. The summed E-state index contributed by atoms with van der Waals surface area (Å²) >= 11 is 0. The minimum absolute atomic E-state index is 0.698. The molecule has 1 aromatic rings. The highest BCUT2D eigenvalue weighted by Crippen LogP contribution is 2.08. The van der Waals surface area contributed by atoms with Crippen molar-refractivity contribution in [3.8, 4) is 0 Å². The highest BCUT2D eigenvalue weighted by atomic mass is 14.7. The van der Waals surface area contributed by atoms with Gasteiger partial charge in [0.25, 0.3) is 0 Å². The average Bonchev–Trinajstić information content (AvgIpc) is 1.93. The molecule has 11 heavy (non-hydrogen) atoms. The summed E-state index contributed by atoms with van der Waals surface area (Å²) in [6, 6.07) is 4.10. The molecule has 0 unspecified atom stereocenters. The molecule has 0 aliphatic heterocycles. The molecule has 1 heteroatoms. The second kappa shape index (κ2) is 3.51. The third-order valence-corrected chi connectivity index (χ3v) is 1.72.